The Kier molecular flexibility index (Phi) is 7.39. The van der Waals surface area contributed by atoms with E-state index in [2.05, 4.69) is 10.2 Å². The van der Waals surface area contributed by atoms with Gasteiger partial charge in [-0.1, -0.05) is 29.8 Å². The van der Waals surface area contributed by atoms with Gasteiger partial charge < -0.3 is 24.2 Å². The van der Waals surface area contributed by atoms with E-state index in [0.717, 1.165) is 16.7 Å². The van der Waals surface area contributed by atoms with Gasteiger partial charge in [-0.25, -0.2) is 0 Å². The maximum absolute atomic E-state index is 13.8. The molecule has 3 aromatic carbocycles. The van der Waals surface area contributed by atoms with Crippen LogP contribution in [0.5, 0.6) is 23.0 Å². The van der Waals surface area contributed by atoms with Crippen LogP contribution in [0.1, 0.15) is 45.7 Å². The Bertz CT molecular complexity index is 1530. The van der Waals surface area contributed by atoms with Crippen molar-refractivity contribution >= 4 is 17.5 Å². The van der Waals surface area contributed by atoms with Crippen LogP contribution in [0.3, 0.4) is 0 Å². The molecular formula is C30H30ClN3O5. The summed E-state index contributed by atoms with van der Waals surface area (Å²) in [4.78, 5) is 15.6. The Balaban J connectivity index is 1.58. The van der Waals surface area contributed by atoms with Crippen LogP contribution in [0.2, 0.25) is 5.02 Å². The van der Waals surface area contributed by atoms with E-state index >= 15 is 0 Å². The fraction of sp³-hybridized carbons (Fsp3) is 0.267. The maximum Gasteiger partial charge on any atom is 0.273 e. The molecule has 0 spiro atoms. The van der Waals surface area contributed by atoms with Crippen molar-refractivity contribution in [2.75, 3.05) is 27.4 Å². The molecule has 8 nitrogen and oxygen atoms in total. The molecule has 1 unspecified atom stereocenters. The number of phenolic OH excluding ortho intramolecular Hbond substituents is 1. The largest absolute Gasteiger partial charge is 0.507 e. The van der Waals surface area contributed by atoms with Gasteiger partial charge in [-0.3, -0.25) is 9.89 Å². The zero-order valence-corrected chi connectivity index (χ0v) is 23.0. The molecule has 5 rings (SSSR count). The van der Waals surface area contributed by atoms with E-state index in [0.29, 0.717) is 64.4 Å². The molecule has 1 atom stereocenters. The number of halogens is 1. The first-order valence-electron chi connectivity index (χ1n) is 12.7. The van der Waals surface area contributed by atoms with Crippen LogP contribution >= 0.6 is 11.6 Å². The monoisotopic (exact) mass is 547 g/mol. The summed E-state index contributed by atoms with van der Waals surface area (Å²) in [5.41, 5.74) is 4.65. The van der Waals surface area contributed by atoms with Gasteiger partial charge in [-0.15, -0.1) is 0 Å². The van der Waals surface area contributed by atoms with E-state index in [-0.39, 0.29) is 11.7 Å². The lowest BCUT2D eigenvalue weighted by atomic mass is 9.95. The number of carbonyl (C=O) groups excluding carboxylic acids is 1. The van der Waals surface area contributed by atoms with Crippen LogP contribution in [-0.4, -0.2) is 53.5 Å². The first-order valence-corrected chi connectivity index (χ1v) is 13.1. The SMILES string of the molecule is CCOc1cccc(C2c3c(-c4cc(Cl)c(C)cc4O)n[nH]c3C(=O)N2CCc2ccc(OC)c(OC)c2)c1. The first-order chi connectivity index (χ1) is 18.9. The molecule has 0 fully saturated rings. The molecule has 9 heteroatoms. The molecule has 0 aliphatic carbocycles. The number of nitrogens with one attached hydrogen (secondary N) is 1. The van der Waals surface area contributed by atoms with Gasteiger partial charge in [0.15, 0.2) is 11.5 Å². The average Bonchev–Trinajstić information content (AvgIpc) is 3.48. The topological polar surface area (TPSA) is 96.9 Å². The second kappa shape index (κ2) is 10.9. The number of hydrogen-bond donors (Lipinski definition) is 2. The smallest absolute Gasteiger partial charge is 0.273 e. The molecule has 1 aliphatic rings. The van der Waals surface area contributed by atoms with Gasteiger partial charge in [-0.05, 0) is 73.4 Å². The van der Waals surface area contributed by atoms with Crippen molar-refractivity contribution in [1.29, 1.82) is 0 Å². The van der Waals surface area contributed by atoms with Gasteiger partial charge in [0, 0.05) is 22.7 Å². The molecule has 1 amide bonds. The van der Waals surface area contributed by atoms with Crippen molar-refractivity contribution in [3.63, 3.8) is 0 Å². The van der Waals surface area contributed by atoms with Gasteiger partial charge in [0.1, 0.15) is 22.9 Å². The minimum absolute atomic E-state index is 0.0456. The van der Waals surface area contributed by atoms with Crippen molar-refractivity contribution in [3.05, 3.63) is 87.6 Å². The van der Waals surface area contributed by atoms with Crippen LogP contribution in [0.15, 0.2) is 54.6 Å². The predicted molar refractivity (Wildman–Crippen MR) is 149 cm³/mol. The molecule has 2 heterocycles. The van der Waals surface area contributed by atoms with Gasteiger partial charge in [0.25, 0.3) is 5.91 Å². The highest BCUT2D eigenvalue weighted by atomic mass is 35.5. The summed E-state index contributed by atoms with van der Waals surface area (Å²) in [6.45, 7) is 4.70. The molecule has 0 saturated heterocycles. The number of methoxy groups -OCH3 is 2. The zero-order valence-electron chi connectivity index (χ0n) is 22.2. The maximum atomic E-state index is 13.8. The van der Waals surface area contributed by atoms with E-state index in [1.54, 1.807) is 26.4 Å². The molecule has 0 radical (unpaired) electrons. The zero-order chi connectivity index (χ0) is 27.7. The van der Waals surface area contributed by atoms with Crippen molar-refractivity contribution in [2.24, 2.45) is 0 Å². The van der Waals surface area contributed by atoms with E-state index in [1.165, 1.54) is 0 Å². The van der Waals surface area contributed by atoms with Gasteiger partial charge in [-0.2, -0.15) is 5.10 Å². The third-order valence-corrected chi connectivity index (χ3v) is 7.38. The Labute approximate surface area is 232 Å². The quantitative estimate of drug-likeness (QED) is 0.269. The second-order valence-corrected chi connectivity index (χ2v) is 9.73. The number of benzene rings is 3. The highest BCUT2D eigenvalue weighted by molar-refractivity contribution is 6.31. The van der Waals surface area contributed by atoms with E-state index < -0.39 is 6.04 Å². The number of aryl methyl sites for hydroxylation is 1. The number of fused-ring (bicyclic) bond motifs is 1. The number of aromatic hydroxyl groups is 1. The Hall–Kier alpha value is -4.17. The minimum Gasteiger partial charge on any atom is -0.507 e. The third kappa shape index (κ3) is 4.88. The number of rotatable bonds is 9. The van der Waals surface area contributed by atoms with Crippen molar-refractivity contribution in [3.8, 4) is 34.3 Å². The Morgan fingerprint density at radius 2 is 1.87 bits per heavy atom. The van der Waals surface area contributed by atoms with Gasteiger partial charge in [0.05, 0.1) is 26.9 Å². The summed E-state index contributed by atoms with van der Waals surface area (Å²) in [5, 5.41) is 18.7. The summed E-state index contributed by atoms with van der Waals surface area (Å²) in [6, 6.07) is 16.3. The molecule has 0 saturated carbocycles. The summed E-state index contributed by atoms with van der Waals surface area (Å²) in [7, 11) is 3.19. The summed E-state index contributed by atoms with van der Waals surface area (Å²) in [6.07, 6.45) is 0.586. The Morgan fingerprint density at radius 1 is 1.08 bits per heavy atom. The summed E-state index contributed by atoms with van der Waals surface area (Å²) < 4.78 is 16.6. The lowest BCUT2D eigenvalue weighted by Crippen LogP contribution is -2.31. The second-order valence-electron chi connectivity index (χ2n) is 9.33. The highest BCUT2D eigenvalue weighted by Crippen LogP contribution is 2.46. The van der Waals surface area contributed by atoms with Gasteiger partial charge >= 0.3 is 0 Å². The molecule has 0 bridgehead atoms. The van der Waals surface area contributed by atoms with E-state index in [9.17, 15) is 9.90 Å². The van der Waals surface area contributed by atoms with Crippen LogP contribution in [-0.2, 0) is 6.42 Å². The van der Waals surface area contributed by atoms with E-state index in [4.69, 9.17) is 25.8 Å². The molecule has 202 valence electrons. The summed E-state index contributed by atoms with van der Waals surface area (Å²) >= 11 is 6.42. The fourth-order valence-electron chi connectivity index (χ4n) is 5.06. The predicted octanol–water partition coefficient (Wildman–Crippen LogP) is 5.95. The number of carbonyl (C=O) groups is 1. The number of amides is 1. The molecule has 2 N–H and O–H groups in total. The van der Waals surface area contributed by atoms with Crippen LogP contribution < -0.4 is 14.2 Å². The number of aromatic nitrogens is 2. The molecule has 1 aromatic heterocycles. The molecule has 1 aliphatic heterocycles. The van der Waals surface area contributed by atoms with Crippen molar-refractivity contribution in [1.82, 2.24) is 15.1 Å². The van der Waals surface area contributed by atoms with Crippen molar-refractivity contribution < 1.29 is 24.1 Å². The number of H-pyrrole nitrogens is 1. The van der Waals surface area contributed by atoms with Crippen LogP contribution in [0.4, 0.5) is 0 Å². The number of ether oxygens (including phenoxy) is 3. The fourth-order valence-corrected chi connectivity index (χ4v) is 5.23. The standard InChI is InChI=1S/C30H30ClN3O5/c1-5-39-20-8-6-7-19(15-20)29-26-27(21-16-22(31)17(2)13-23(21)35)32-33-28(26)30(36)34(29)12-11-18-9-10-24(37-3)25(14-18)38-4/h6-10,13-16,29,35H,5,11-12H2,1-4H3,(H,32,33). The average molecular weight is 548 g/mol. The number of phenols is 1. The summed E-state index contributed by atoms with van der Waals surface area (Å²) in [5.74, 6) is 1.86. The van der Waals surface area contributed by atoms with Gasteiger partial charge in [0.2, 0.25) is 0 Å². The number of nitrogens with zero attached hydrogens (tertiary/aromatic N) is 2. The number of hydrogen-bond acceptors (Lipinski definition) is 6. The first kappa shape index (κ1) is 26.4. The lowest BCUT2D eigenvalue weighted by molar-refractivity contribution is 0.0745. The highest BCUT2D eigenvalue weighted by Gasteiger charge is 2.42. The molecular weight excluding hydrogens is 518 g/mol. The lowest BCUT2D eigenvalue weighted by Gasteiger charge is -2.27. The number of aromatic amines is 1. The Morgan fingerprint density at radius 3 is 2.62 bits per heavy atom. The van der Waals surface area contributed by atoms with Crippen LogP contribution in [0, 0.1) is 6.92 Å². The van der Waals surface area contributed by atoms with Crippen LogP contribution in [0.25, 0.3) is 11.3 Å². The minimum atomic E-state index is -0.457. The normalized spacial score (nSPS) is 14.4. The molecule has 4 aromatic rings. The molecule has 39 heavy (non-hydrogen) atoms. The van der Waals surface area contributed by atoms with Crippen molar-refractivity contribution in [2.45, 2.75) is 26.3 Å². The third-order valence-electron chi connectivity index (χ3n) is 6.97. The van der Waals surface area contributed by atoms with E-state index in [1.807, 2.05) is 61.2 Å².